The summed E-state index contributed by atoms with van der Waals surface area (Å²) in [6.07, 6.45) is 3.24. The van der Waals surface area contributed by atoms with Gasteiger partial charge >= 0.3 is 0 Å². The Morgan fingerprint density at radius 2 is 2.00 bits per heavy atom. The first-order valence-corrected chi connectivity index (χ1v) is 6.97. The fraction of sp³-hybridized carbons (Fsp3) is 0.455. The van der Waals surface area contributed by atoms with Crippen LogP contribution in [0.1, 0.15) is 13.3 Å². The van der Waals surface area contributed by atoms with Crippen molar-refractivity contribution in [1.29, 1.82) is 0 Å². The molecule has 13 heavy (non-hydrogen) atoms. The van der Waals surface area contributed by atoms with Crippen molar-refractivity contribution >= 4 is 12.8 Å². The van der Waals surface area contributed by atoms with Crippen molar-refractivity contribution in [1.82, 2.24) is 0 Å². The molecular weight excluding hydrogens is 179 g/mol. The summed E-state index contributed by atoms with van der Waals surface area (Å²) in [7, 11) is -1.73. The van der Waals surface area contributed by atoms with Crippen LogP contribution in [0.25, 0.3) is 0 Å². The Bertz CT molecular complexity index is 285. The largest absolute Gasteiger partial charge is 0.246 e. The smallest absolute Gasteiger partial charge is 0.174 e. The van der Waals surface area contributed by atoms with Gasteiger partial charge in [0.2, 0.25) is 0 Å². The number of hydrogen-bond acceptors (Lipinski definition) is 1. The molecule has 1 aromatic rings. The van der Waals surface area contributed by atoms with E-state index in [9.17, 15) is 4.89 Å². The van der Waals surface area contributed by atoms with Gasteiger partial charge in [-0.1, -0.05) is 25.1 Å². The molecular formula is C11H16OP+. The van der Waals surface area contributed by atoms with Gasteiger partial charge in [0.1, 0.15) is 5.30 Å². The zero-order chi connectivity index (χ0) is 9.31. The molecule has 0 aromatic heterocycles. The van der Waals surface area contributed by atoms with Crippen LogP contribution < -0.4 is 5.30 Å². The average molecular weight is 195 g/mol. The molecule has 0 radical (unpaired) electrons. The van der Waals surface area contributed by atoms with Crippen molar-refractivity contribution in [2.24, 2.45) is 5.92 Å². The third-order valence-electron chi connectivity index (χ3n) is 2.84. The van der Waals surface area contributed by atoms with Gasteiger partial charge in [-0.25, -0.2) is 4.89 Å². The van der Waals surface area contributed by atoms with Crippen molar-refractivity contribution in [2.45, 2.75) is 13.3 Å². The quantitative estimate of drug-likeness (QED) is 0.681. The summed E-state index contributed by atoms with van der Waals surface area (Å²) < 4.78 is 0. The minimum atomic E-state index is -1.73. The fourth-order valence-electron chi connectivity index (χ4n) is 2.07. The van der Waals surface area contributed by atoms with Gasteiger partial charge in [-0.2, -0.15) is 0 Å². The van der Waals surface area contributed by atoms with Crippen LogP contribution >= 0.6 is 7.49 Å². The van der Waals surface area contributed by atoms with Crippen LogP contribution in [0.2, 0.25) is 0 Å². The minimum Gasteiger partial charge on any atom is -0.246 e. The molecule has 2 heteroatoms. The molecule has 0 spiro atoms. The highest BCUT2D eigenvalue weighted by molar-refractivity contribution is 7.78. The molecule has 0 saturated carbocycles. The van der Waals surface area contributed by atoms with E-state index in [0.717, 1.165) is 12.3 Å². The van der Waals surface area contributed by atoms with E-state index in [2.05, 4.69) is 19.1 Å². The van der Waals surface area contributed by atoms with Crippen LogP contribution in [0.4, 0.5) is 0 Å². The molecule has 1 aromatic carbocycles. The van der Waals surface area contributed by atoms with E-state index in [-0.39, 0.29) is 0 Å². The predicted octanol–water partition coefficient (Wildman–Crippen LogP) is 2.28. The van der Waals surface area contributed by atoms with Gasteiger partial charge in [0, 0.05) is 0 Å². The summed E-state index contributed by atoms with van der Waals surface area (Å²) in [5.41, 5.74) is 0. The van der Waals surface area contributed by atoms with Crippen molar-refractivity contribution < 1.29 is 4.89 Å². The van der Waals surface area contributed by atoms with Crippen LogP contribution in [0.5, 0.6) is 0 Å². The summed E-state index contributed by atoms with van der Waals surface area (Å²) in [6.45, 7) is 2.24. The zero-order valence-electron chi connectivity index (χ0n) is 7.98. The summed E-state index contributed by atoms with van der Waals surface area (Å²) in [5.74, 6) is 0.707. The lowest BCUT2D eigenvalue weighted by Gasteiger charge is -2.13. The van der Waals surface area contributed by atoms with Crippen molar-refractivity contribution in [3.8, 4) is 0 Å². The molecule has 0 bridgehead atoms. The lowest BCUT2D eigenvalue weighted by atomic mass is 10.2. The predicted molar refractivity (Wildman–Crippen MR) is 58.7 cm³/mol. The lowest BCUT2D eigenvalue weighted by molar-refractivity contribution is 0.612. The molecule has 2 atom stereocenters. The Labute approximate surface area is 80.2 Å². The normalized spacial score (nSPS) is 33.5. The summed E-state index contributed by atoms with van der Waals surface area (Å²) in [4.78, 5) is 10.4. The maximum absolute atomic E-state index is 10.4. The molecule has 1 saturated heterocycles. The van der Waals surface area contributed by atoms with E-state index in [4.69, 9.17) is 0 Å². The fourth-order valence-corrected chi connectivity index (χ4v) is 5.53. The Balaban J connectivity index is 2.26. The van der Waals surface area contributed by atoms with E-state index in [0.29, 0.717) is 5.92 Å². The third-order valence-corrected chi connectivity index (χ3v) is 6.33. The highest BCUT2D eigenvalue weighted by Crippen LogP contribution is 2.60. The summed E-state index contributed by atoms with van der Waals surface area (Å²) >= 11 is 0. The Morgan fingerprint density at radius 3 is 2.54 bits per heavy atom. The Kier molecular flexibility index (Phi) is 2.40. The van der Waals surface area contributed by atoms with E-state index in [1.165, 1.54) is 11.7 Å². The molecule has 1 N–H and O–H groups in total. The van der Waals surface area contributed by atoms with Gasteiger partial charge in [-0.3, -0.25) is 0 Å². The van der Waals surface area contributed by atoms with Crippen LogP contribution in [0, 0.1) is 5.92 Å². The topological polar surface area (TPSA) is 20.2 Å². The molecule has 0 aliphatic carbocycles. The van der Waals surface area contributed by atoms with Crippen LogP contribution in [0.3, 0.4) is 0 Å². The summed E-state index contributed by atoms with van der Waals surface area (Å²) in [6, 6.07) is 10.2. The van der Waals surface area contributed by atoms with E-state index >= 15 is 0 Å². The van der Waals surface area contributed by atoms with Gasteiger partial charge in [0.25, 0.3) is 0 Å². The second kappa shape index (κ2) is 3.40. The van der Waals surface area contributed by atoms with E-state index < -0.39 is 7.49 Å². The highest BCUT2D eigenvalue weighted by atomic mass is 31.2. The first kappa shape index (κ1) is 9.18. The van der Waals surface area contributed by atoms with E-state index in [1.807, 2.05) is 18.2 Å². The van der Waals surface area contributed by atoms with Gasteiger partial charge in [-0.05, 0) is 24.5 Å². The van der Waals surface area contributed by atoms with Gasteiger partial charge in [-0.15, -0.1) is 0 Å². The maximum atomic E-state index is 10.4. The monoisotopic (exact) mass is 195 g/mol. The second-order valence-electron chi connectivity index (χ2n) is 4.06. The number of rotatable bonds is 1. The molecule has 2 unspecified atom stereocenters. The number of hydrogen-bond donors (Lipinski definition) is 1. The average Bonchev–Trinajstić information content (AvgIpc) is 2.49. The molecule has 1 heterocycles. The van der Waals surface area contributed by atoms with Crippen LogP contribution in [-0.2, 0) is 0 Å². The van der Waals surface area contributed by atoms with Gasteiger partial charge in [0.05, 0.1) is 12.3 Å². The second-order valence-corrected chi connectivity index (χ2v) is 7.23. The Hall–Kier alpha value is -0.390. The lowest BCUT2D eigenvalue weighted by Crippen LogP contribution is -2.12. The number of benzene rings is 1. The first-order valence-electron chi connectivity index (χ1n) is 4.86. The highest BCUT2D eigenvalue weighted by Gasteiger charge is 2.45. The molecule has 1 nitrogen and oxygen atoms in total. The van der Waals surface area contributed by atoms with Crippen molar-refractivity contribution in [3.05, 3.63) is 30.3 Å². The Morgan fingerprint density at radius 1 is 1.31 bits per heavy atom. The van der Waals surface area contributed by atoms with E-state index in [1.54, 1.807) is 0 Å². The van der Waals surface area contributed by atoms with Crippen molar-refractivity contribution in [3.63, 3.8) is 0 Å². The minimum absolute atomic E-state index is 0.707. The molecule has 1 fully saturated rings. The summed E-state index contributed by atoms with van der Waals surface area (Å²) in [5, 5.41) is 1.19. The molecule has 1 aliphatic heterocycles. The molecule has 1 aliphatic rings. The SMILES string of the molecule is CC1CC[P+](O)(c2ccccc2)C1. The van der Waals surface area contributed by atoms with Crippen molar-refractivity contribution in [2.75, 3.05) is 12.3 Å². The first-order chi connectivity index (χ1) is 6.21. The standard InChI is InChI=1S/C11H16OP/c1-10-7-8-13(12,9-10)11-5-3-2-4-6-11/h2-6,10,12H,7-9H2,1H3/q+1. The van der Waals surface area contributed by atoms with Crippen LogP contribution in [0.15, 0.2) is 30.3 Å². The maximum Gasteiger partial charge on any atom is 0.174 e. The van der Waals surface area contributed by atoms with Crippen LogP contribution in [-0.4, -0.2) is 17.2 Å². The molecule has 0 amide bonds. The third kappa shape index (κ3) is 1.77. The molecule has 70 valence electrons. The van der Waals surface area contributed by atoms with Gasteiger partial charge in [0.15, 0.2) is 7.49 Å². The van der Waals surface area contributed by atoms with Gasteiger partial charge < -0.3 is 0 Å². The molecule has 2 rings (SSSR count). The zero-order valence-corrected chi connectivity index (χ0v) is 8.87.